The van der Waals surface area contributed by atoms with Crippen molar-refractivity contribution >= 4 is 5.78 Å². The summed E-state index contributed by atoms with van der Waals surface area (Å²) < 4.78 is 4.98. The van der Waals surface area contributed by atoms with E-state index in [0.717, 1.165) is 0 Å². The zero-order valence-corrected chi connectivity index (χ0v) is 7.75. The molecule has 72 valence electrons. The Morgan fingerprint density at radius 3 is 3.00 bits per heavy atom. The summed E-state index contributed by atoms with van der Waals surface area (Å²) in [6, 6.07) is 0. The molecule has 0 radical (unpaired) electrons. The Bertz CT molecular complexity index is 220. The van der Waals surface area contributed by atoms with Crippen molar-refractivity contribution in [3.05, 3.63) is 12.2 Å². The summed E-state index contributed by atoms with van der Waals surface area (Å²) in [5, 5.41) is 8.35. The predicted octanol–water partition coefficient (Wildman–Crippen LogP) is 0.534. The van der Waals surface area contributed by atoms with Gasteiger partial charge in [-0.15, -0.1) is 0 Å². The van der Waals surface area contributed by atoms with Crippen molar-refractivity contribution in [2.75, 3.05) is 19.8 Å². The van der Waals surface area contributed by atoms with Crippen LogP contribution < -0.4 is 0 Å². The van der Waals surface area contributed by atoms with Crippen LogP contribution in [0.5, 0.6) is 0 Å². The number of Topliss-reactive ketones (excluding diaryl/α,β-unsaturated/α-hetero) is 1. The molecule has 0 aromatic heterocycles. The Hall–Kier alpha value is -1.11. The van der Waals surface area contributed by atoms with Crippen LogP contribution in [0.2, 0.25) is 0 Å². The molecule has 0 saturated heterocycles. The number of hydrogen-bond donors (Lipinski definition) is 1. The fourth-order valence-corrected chi connectivity index (χ4v) is 0.582. The van der Waals surface area contributed by atoms with E-state index < -0.39 is 0 Å². The molecule has 0 fully saturated rings. The molecule has 0 unspecified atom stereocenters. The molecule has 0 atom stereocenters. The average Bonchev–Trinajstić information content (AvgIpc) is 2.09. The third-order valence-electron chi connectivity index (χ3n) is 1.09. The number of rotatable bonds is 5. The van der Waals surface area contributed by atoms with Gasteiger partial charge in [0.1, 0.15) is 6.61 Å². The maximum atomic E-state index is 10.4. The second-order valence-electron chi connectivity index (χ2n) is 2.41. The number of aliphatic hydroxyl groups is 1. The number of hydrogen-bond acceptors (Lipinski definition) is 3. The van der Waals surface area contributed by atoms with Crippen molar-refractivity contribution in [2.24, 2.45) is 0 Å². The van der Waals surface area contributed by atoms with Gasteiger partial charge >= 0.3 is 0 Å². The Labute approximate surface area is 78.4 Å². The largest absolute Gasteiger partial charge is 0.392 e. The van der Waals surface area contributed by atoms with E-state index in [0.29, 0.717) is 13.0 Å². The minimum atomic E-state index is 0.00944. The van der Waals surface area contributed by atoms with E-state index in [2.05, 4.69) is 11.8 Å². The highest BCUT2D eigenvalue weighted by atomic mass is 16.5. The molecule has 0 heterocycles. The van der Waals surface area contributed by atoms with Gasteiger partial charge in [-0.3, -0.25) is 4.79 Å². The molecule has 1 N–H and O–H groups in total. The number of carbonyl (C=O) groups excluding carboxylic acids is 1. The zero-order chi connectivity index (χ0) is 9.94. The van der Waals surface area contributed by atoms with Crippen LogP contribution in [-0.2, 0) is 9.53 Å². The second-order valence-corrected chi connectivity index (χ2v) is 2.41. The summed E-state index contributed by atoms with van der Waals surface area (Å²) in [6.07, 6.45) is 3.75. The lowest BCUT2D eigenvalue weighted by Crippen LogP contribution is -2.04. The minimum Gasteiger partial charge on any atom is -0.392 e. The van der Waals surface area contributed by atoms with Crippen molar-refractivity contribution in [2.45, 2.75) is 13.3 Å². The van der Waals surface area contributed by atoms with E-state index in [1.165, 1.54) is 6.92 Å². The van der Waals surface area contributed by atoms with Gasteiger partial charge < -0.3 is 9.84 Å². The lowest BCUT2D eigenvalue weighted by atomic mass is 10.4. The third-order valence-corrected chi connectivity index (χ3v) is 1.09. The lowest BCUT2D eigenvalue weighted by Gasteiger charge is -1.95. The van der Waals surface area contributed by atoms with Gasteiger partial charge in [-0.2, -0.15) is 0 Å². The molecule has 0 aromatic carbocycles. The Balaban J connectivity index is 3.27. The van der Waals surface area contributed by atoms with Crippen LogP contribution in [0.25, 0.3) is 0 Å². The molecule has 0 bridgehead atoms. The maximum Gasteiger partial charge on any atom is 0.155 e. The van der Waals surface area contributed by atoms with E-state index in [4.69, 9.17) is 9.84 Å². The van der Waals surface area contributed by atoms with Gasteiger partial charge in [-0.25, -0.2) is 0 Å². The third kappa shape index (κ3) is 10.9. The molecule has 0 rings (SSSR count). The molecule has 0 saturated carbocycles. The number of ether oxygens (including phenoxy) is 1. The van der Waals surface area contributed by atoms with Crippen LogP contribution in [0.1, 0.15) is 13.3 Å². The smallest absolute Gasteiger partial charge is 0.155 e. The highest BCUT2D eigenvalue weighted by molar-refractivity contribution is 5.76. The van der Waals surface area contributed by atoms with E-state index in [-0.39, 0.29) is 19.0 Å². The standard InChI is InChI=1S/C10H14O3/c1-10(12)9-13-8-6-4-2-3-5-7-11/h3,5,11H,6-9H2,1H3. The topological polar surface area (TPSA) is 46.5 Å². The lowest BCUT2D eigenvalue weighted by molar-refractivity contribution is -0.121. The molecule has 0 aliphatic carbocycles. The van der Waals surface area contributed by atoms with Crippen molar-refractivity contribution < 1.29 is 14.6 Å². The highest BCUT2D eigenvalue weighted by Crippen LogP contribution is 1.81. The van der Waals surface area contributed by atoms with Crippen LogP contribution >= 0.6 is 0 Å². The molecule has 3 heteroatoms. The summed E-state index contributed by atoms with van der Waals surface area (Å²) in [6.45, 7) is 2.12. The van der Waals surface area contributed by atoms with Crippen molar-refractivity contribution in [1.82, 2.24) is 0 Å². The number of aliphatic hydroxyl groups excluding tert-OH is 1. The Kier molecular flexibility index (Phi) is 8.21. The van der Waals surface area contributed by atoms with Crippen LogP contribution in [0.15, 0.2) is 12.2 Å². The summed E-state index contributed by atoms with van der Waals surface area (Å²) in [5.41, 5.74) is 0. The first-order valence-corrected chi connectivity index (χ1v) is 4.09. The monoisotopic (exact) mass is 182 g/mol. The van der Waals surface area contributed by atoms with E-state index in [1.54, 1.807) is 12.2 Å². The Morgan fingerprint density at radius 1 is 1.62 bits per heavy atom. The van der Waals surface area contributed by atoms with Crippen molar-refractivity contribution in [3.8, 4) is 11.8 Å². The molecule has 0 amide bonds. The molecule has 3 nitrogen and oxygen atoms in total. The van der Waals surface area contributed by atoms with Crippen LogP contribution in [0.3, 0.4) is 0 Å². The molecule has 0 aromatic rings. The van der Waals surface area contributed by atoms with Crippen molar-refractivity contribution in [3.63, 3.8) is 0 Å². The minimum absolute atomic E-state index is 0.00944. The molecular formula is C10H14O3. The molecule has 13 heavy (non-hydrogen) atoms. The molecule has 0 spiro atoms. The summed E-state index contributed by atoms with van der Waals surface area (Å²) in [4.78, 5) is 10.4. The van der Waals surface area contributed by atoms with Gasteiger partial charge in [-0.1, -0.05) is 17.9 Å². The van der Waals surface area contributed by atoms with Gasteiger partial charge in [0.15, 0.2) is 5.78 Å². The highest BCUT2D eigenvalue weighted by Gasteiger charge is 1.90. The van der Waals surface area contributed by atoms with Crippen LogP contribution in [0, 0.1) is 11.8 Å². The summed E-state index contributed by atoms with van der Waals surface area (Å²) >= 11 is 0. The predicted molar refractivity (Wildman–Crippen MR) is 50.1 cm³/mol. The fraction of sp³-hybridized carbons (Fsp3) is 0.500. The van der Waals surface area contributed by atoms with Gasteiger partial charge in [-0.05, 0) is 13.0 Å². The molecule has 0 aliphatic rings. The van der Waals surface area contributed by atoms with Crippen LogP contribution in [-0.4, -0.2) is 30.7 Å². The summed E-state index contributed by atoms with van der Waals surface area (Å²) in [5.74, 6) is 5.55. The van der Waals surface area contributed by atoms with E-state index >= 15 is 0 Å². The molecular weight excluding hydrogens is 168 g/mol. The molecule has 0 aliphatic heterocycles. The fourth-order valence-electron chi connectivity index (χ4n) is 0.582. The quantitative estimate of drug-likeness (QED) is 0.498. The number of allylic oxidation sites excluding steroid dienone is 1. The average molecular weight is 182 g/mol. The van der Waals surface area contributed by atoms with E-state index in [1.807, 2.05) is 0 Å². The summed E-state index contributed by atoms with van der Waals surface area (Å²) in [7, 11) is 0. The first-order chi connectivity index (χ1) is 6.27. The van der Waals surface area contributed by atoms with Gasteiger partial charge in [0.2, 0.25) is 0 Å². The maximum absolute atomic E-state index is 10.4. The number of carbonyl (C=O) groups is 1. The Morgan fingerprint density at radius 2 is 2.38 bits per heavy atom. The second kappa shape index (κ2) is 8.98. The number of ketones is 1. The van der Waals surface area contributed by atoms with Crippen LogP contribution in [0.4, 0.5) is 0 Å². The van der Waals surface area contributed by atoms with Gasteiger partial charge in [0.05, 0.1) is 13.2 Å². The first kappa shape index (κ1) is 11.9. The van der Waals surface area contributed by atoms with Crippen molar-refractivity contribution in [1.29, 1.82) is 0 Å². The van der Waals surface area contributed by atoms with E-state index in [9.17, 15) is 4.79 Å². The first-order valence-electron chi connectivity index (χ1n) is 4.09. The van der Waals surface area contributed by atoms with Gasteiger partial charge in [0.25, 0.3) is 0 Å². The van der Waals surface area contributed by atoms with Gasteiger partial charge in [0, 0.05) is 6.42 Å². The normalized spacial score (nSPS) is 9.69. The SMILES string of the molecule is CC(=O)COCCC#CC=CCO. The zero-order valence-electron chi connectivity index (χ0n) is 7.75.